The van der Waals surface area contributed by atoms with Crippen molar-refractivity contribution in [3.05, 3.63) is 28.5 Å². The van der Waals surface area contributed by atoms with E-state index in [-0.39, 0.29) is 5.91 Å². The van der Waals surface area contributed by atoms with Gasteiger partial charge in [-0.3, -0.25) is 4.79 Å². The van der Waals surface area contributed by atoms with Crippen molar-refractivity contribution >= 4 is 21.8 Å². The Labute approximate surface area is 105 Å². The molecule has 3 nitrogen and oxygen atoms in total. The van der Waals surface area contributed by atoms with E-state index in [1.54, 1.807) is 6.20 Å². The van der Waals surface area contributed by atoms with Crippen molar-refractivity contribution in [2.45, 2.75) is 26.7 Å². The Kier molecular flexibility index (Phi) is 5.46. The van der Waals surface area contributed by atoms with Gasteiger partial charge in [0.2, 0.25) is 0 Å². The monoisotopic (exact) mass is 284 g/mol. The summed E-state index contributed by atoms with van der Waals surface area (Å²) in [6.07, 6.45) is 3.77. The molecule has 0 radical (unpaired) electrons. The Morgan fingerprint density at radius 1 is 1.50 bits per heavy atom. The minimum atomic E-state index is 0.00317. The lowest BCUT2D eigenvalue weighted by molar-refractivity contribution is 0.0755. The quantitative estimate of drug-likeness (QED) is 0.832. The topological polar surface area (TPSA) is 33.2 Å². The highest BCUT2D eigenvalue weighted by atomic mass is 79.9. The van der Waals surface area contributed by atoms with Gasteiger partial charge in [-0.1, -0.05) is 13.3 Å². The van der Waals surface area contributed by atoms with E-state index in [2.05, 4.69) is 27.8 Å². The van der Waals surface area contributed by atoms with Crippen LogP contribution >= 0.6 is 15.9 Å². The van der Waals surface area contributed by atoms with Gasteiger partial charge < -0.3 is 4.90 Å². The lowest BCUT2D eigenvalue weighted by atomic mass is 10.2. The zero-order valence-corrected chi connectivity index (χ0v) is 11.3. The van der Waals surface area contributed by atoms with Crippen molar-refractivity contribution in [1.82, 2.24) is 9.88 Å². The van der Waals surface area contributed by atoms with Crippen LogP contribution in [0.5, 0.6) is 0 Å². The molecular formula is C12H17BrN2O. The maximum Gasteiger partial charge on any atom is 0.273 e. The minimum Gasteiger partial charge on any atom is -0.338 e. The van der Waals surface area contributed by atoms with Crippen LogP contribution in [0.2, 0.25) is 0 Å². The number of halogens is 1. The number of amides is 1. The van der Waals surface area contributed by atoms with Gasteiger partial charge in [0.15, 0.2) is 0 Å². The molecule has 1 amide bonds. The maximum atomic E-state index is 12.1. The van der Waals surface area contributed by atoms with Gasteiger partial charge in [-0.2, -0.15) is 0 Å². The number of nitrogens with zero attached hydrogens (tertiary/aromatic N) is 2. The van der Waals surface area contributed by atoms with Gasteiger partial charge >= 0.3 is 0 Å². The average Bonchev–Trinajstić information content (AvgIpc) is 2.30. The van der Waals surface area contributed by atoms with E-state index in [0.29, 0.717) is 5.69 Å². The first-order valence-corrected chi connectivity index (χ1v) is 6.39. The smallest absolute Gasteiger partial charge is 0.273 e. The van der Waals surface area contributed by atoms with Crippen molar-refractivity contribution in [3.8, 4) is 0 Å². The molecule has 0 fully saturated rings. The summed E-state index contributed by atoms with van der Waals surface area (Å²) < 4.78 is 0.759. The maximum absolute atomic E-state index is 12.1. The highest BCUT2D eigenvalue weighted by Crippen LogP contribution is 2.15. The number of rotatable bonds is 5. The van der Waals surface area contributed by atoms with Gasteiger partial charge in [0.05, 0.1) is 0 Å². The van der Waals surface area contributed by atoms with Crippen LogP contribution in [0.3, 0.4) is 0 Å². The van der Waals surface area contributed by atoms with E-state index in [1.165, 1.54) is 0 Å². The number of carbonyl (C=O) groups is 1. The number of aromatic nitrogens is 1. The zero-order valence-electron chi connectivity index (χ0n) is 9.74. The molecule has 0 saturated carbocycles. The molecule has 4 heteroatoms. The molecule has 0 atom stereocenters. The predicted octanol–water partition coefficient (Wildman–Crippen LogP) is 3.11. The van der Waals surface area contributed by atoms with Gasteiger partial charge in [0.1, 0.15) is 5.69 Å². The summed E-state index contributed by atoms with van der Waals surface area (Å²) in [4.78, 5) is 18.1. The lowest BCUT2D eigenvalue weighted by Gasteiger charge is -2.20. The summed E-state index contributed by atoms with van der Waals surface area (Å²) in [5.41, 5.74) is 0.500. The molecule has 1 heterocycles. The van der Waals surface area contributed by atoms with Crippen LogP contribution in [-0.4, -0.2) is 28.9 Å². The van der Waals surface area contributed by atoms with Gasteiger partial charge in [-0.05, 0) is 41.4 Å². The Balaban J connectivity index is 2.79. The first-order chi connectivity index (χ1) is 7.70. The standard InChI is InChI=1S/C12H17BrN2O/c1-3-5-9-15(4-2)12(16)11-10(13)7-6-8-14-11/h6-8H,3-5,9H2,1-2H3. The molecule has 0 aliphatic carbocycles. The molecule has 0 N–H and O–H groups in total. The third-order valence-electron chi connectivity index (χ3n) is 2.41. The predicted molar refractivity (Wildman–Crippen MR) is 68.4 cm³/mol. The molecule has 0 spiro atoms. The number of pyridine rings is 1. The van der Waals surface area contributed by atoms with Crippen LogP contribution in [0.4, 0.5) is 0 Å². The van der Waals surface area contributed by atoms with Gasteiger partial charge in [0, 0.05) is 23.8 Å². The molecule has 0 unspecified atom stereocenters. The summed E-state index contributed by atoms with van der Waals surface area (Å²) in [7, 11) is 0. The van der Waals surface area contributed by atoms with Gasteiger partial charge in [-0.15, -0.1) is 0 Å². The molecule has 0 aromatic carbocycles. The van der Waals surface area contributed by atoms with Crippen molar-refractivity contribution in [2.24, 2.45) is 0 Å². The third-order valence-corrected chi connectivity index (χ3v) is 3.05. The molecular weight excluding hydrogens is 268 g/mol. The minimum absolute atomic E-state index is 0.00317. The molecule has 88 valence electrons. The second kappa shape index (κ2) is 6.63. The number of carbonyl (C=O) groups excluding carboxylic acids is 1. The summed E-state index contributed by atoms with van der Waals surface area (Å²) in [5.74, 6) is 0.00317. The van der Waals surface area contributed by atoms with Crippen LogP contribution in [0, 0.1) is 0 Å². The number of hydrogen-bond donors (Lipinski definition) is 0. The van der Waals surface area contributed by atoms with E-state index in [4.69, 9.17) is 0 Å². The van der Waals surface area contributed by atoms with Crippen LogP contribution in [0.25, 0.3) is 0 Å². The van der Waals surface area contributed by atoms with Crippen LogP contribution in [-0.2, 0) is 0 Å². The van der Waals surface area contributed by atoms with E-state index < -0.39 is 0 Å². The fourth-order valence-electron chi connectivity index (χ4n) is 1.45. The molecule has 1 aromatic rings. The average molecular weight is 285 g/mol. The Morgan fingerprint density at radius 2 is 2.25 bits per heavy atom. The Morgan fingerprint density at radius 3 is 2.81 bits per heavy atom. The van der Waals surface area contributed by atoms with Crippen molar-refractivity contribution in [2.75, 3.05) is 13.1 Å². The Hall–Kier alpha value is -0.900. The van der Waals surface area contributed by atoms with E-state index in [0.717, 1.165) is 30.4 Å². The van der Waals surface area contributed by atoms with Gasteiger partial charge in [-0.25, -0.2) is 4.98 Å². The molecule has 0 bridgehead atoms. The molecule has 16 heavy (non-hydrogen) atoms. The second-order valence-electron chi connectivity index (χ2n) is 3.57. The van der Waals surface area contributed by atoms with Crippen LogP contribution in [0.15, 0.2) is 22.8 Å². The highest BCUT2D eigenvalue weighted by Gasteiger charge is 2.17. The Bertz CT molecular complexity index is 355. The van der Waals surface area contributed by atoms with Crippen LogP contribution in [0.1, 0.15) is 37.2 Å². The molecule has 1 aromatic heterocycles. The fraction of sp³-hybridized carbons (Fsp3) is 0.500. The number of unbranched alkanes of at least 4 members (excludes halogenated alkanes) is 1. The normalized spacial score (nSPS) is 10.2. The highest BCUT2D eigenvalue weighted by molar-refractivity contribution is 9.10. The SMILES string of the molecule is CCCCN(CC)C(=O)c1ncccc1Br. The van der Waals surface area contributed by atoms with E-state index >= 15 is 0 Å². The second-order valence-corrected chi connectivity index (χ2v) is 4.43. The molecule has 0 aliphatic rings. The summed E-state index contributed by atoms with van der Waals surface area (Å²) >= 11 is 3.35. The lowest BCUT2D eigenvalue weighted by Crippen LogP contribution is -2.32. The zero-order chi connectivity index (χ0) is 12.0. The molecule has 1 rings (SSSR count). The summed E-state index contributed by atoms with van der Waals surface area (Å²) in [6, 6.07) is 3.65. The third kappa shape index (κ3) is 3.30. The summed E-state index contributed by atoms with van der Waals surface area (Å²) in [5, 5.41) is 0. The largest absolute Gasteiger partial charge is 0.338 e. The molecule has 0 aliphatic heterocycles. The number of hydrogen-bond acceptors (Lipinski definition) is 2. The van der Waals surface area contributed by atoms with Gasteiger partial charge in [0.25, 0.3) is 5.91 Å². The van der Waals surface area contributed by atoms with E-state index in [1.807, 2.05) is 24.0 Å². The van der Waals surface area contributed by atoms with Crippen molar-refractivity contribution in [1.29, 1.82) is 0 Å². The van der Waals surface area contributed by atoms with Crippen molar-refractivity contribution in [3.63, 3.8) is 0 Å². The fourth-order valence-corrected chi connectivity index (χ4v) is 1.87. The first-order valence-electron chi connectivity index (χ1n) is 5.60. The first kappa shape index (κ1) is 13.2. The summed E-state index contributed by atoms with van der Waals surface area (Å²) in [6.45, 7) is 5.64. The van der Waals surface area contributed by atoms with Crippen LogP contribution < -0.4 is 0 Å². The van der Waals surface area contributed by atoms with Crippen molar-refractivity contribution < 1.29 is 4.79 Å². The van der Waals surface area contributed by atoms with E-state index in [9.17, 15) is 4.79 Å². The molecule has 0 saturated heterocycles.